The smallest absolute Gasteiger partial charge is 0.499 e. The molecule has 0 radical (unpaired) electrons. The fourth-order valence-corrected chi connectivity index (χ4v) is 3.59. The monoisotopic (exact) mass is 627 g/mol. The first-order valence-electron chi connectivity index (χ1n) is 12.2. The largest absolute Gasteiger partial charge is 0.542 e. The number of H-pyrrole nitrogens is 1. The number of aromatic nitrogens is 2. The lowest BCUT2D eigenvalue weighted by Crippen LogP contribution is -2.55. The Balaban J connectivity index is 0.000000821. The molecule has 3 rings (SSSR count). The number of rotatable bonds is 9. The first-order valence-corrected chi connectivity index (χ1v) is 12.2. The van der Waals surface area contributed by atoms with E-state index in [1.807, 2.05) is 0 Å². The van der Waals surface area contributed by atoms with Gasteiger partial charge in [0, 0.05) is 33.8 Å². The quantitative estimate of drug-likeness (QED) is 0.171. The third-order valence-corrected chi connectivity index (χ3v) is 5.18. The Morgan fingerprint density at radius 3 is 2.14 bits per heavy atom. The molecule has 1 amide bonds. The van der Waals surface area contributed by atoms with Crippen molar-refractivity contribution in [3.05, 3.63) is 22.7 Å². The second-order valence-electron chi connectivity index (χ2n) is 8.71. The van der Waals surface area contributed by atoms with Gasteiger partial charge in [0.15, 0.2) is 24.8 Å². The molecule has 0 spiro atoms. The molecule has 2 aliphatic rings. The molecule has 0 aromatic carbocycles. The third kappa shape index (κ3) is 11.2. The lowest BCUT2D eigenvalue weighted by molar-refractivity contribution is -0.771. The lowest BCUT2D eigenvalue weighted by Gasteiger charge is -2.23. The maximum absolute atomic E-state index is 12.3. The molecule has 240 valence electrons. The number of alkyl halides is 3. The van der Waals surface area contributed by atoms with Gasteiger partial charge >= 0.3 is 29.8 Å². The summed E-state index contributed by atoms with van der Waals surface area (Å²) in [4.78, 5) is 69.3. The SMILES string of the molecule is CC(=O)Nc1cc[n+]([C@@H]2CO[C@H](COC3O[C@H](COC(C)=O)[C@@H](OC(C)=O)[C@H]3OC(C)=O)O2)c(=O)[nH]1.O=C([O-])C(F)(F)F. The van der Waals surface area contributed by atoms with Crippen LogP contribution in [-0.2, 0) is 57.1 Å². The number of carbonyl (C=O) groups excluding carboxylic acids is 5. The van der Waals surface area contributed by atoms with Crippen LogP contribution in [0.15, 0.2) is 17.1 Å². The number of hydrogen-bond donors (Lipinski definition) is 2. The molecule has 2 N–H and O–H groups in total. The van der Waals surface area contributed by atoms with E-state index in [-0.39, 0.29) is 31.5 Å². The Labute approximate surface area is 240 Å². The molecule has 1 aromatic rings. The average Bonchev–Trinajstić information content (AvgIpc) is 3.45. The first-order chi connectivity index (χ1) is 20.0. The summed E-state index contributed by atoms with van der Waals surface area (Å²) in [7, 11) is 0. The van der Waals surface area contributed by atoms with Crippen LogP contribution in [0.5, 0.6) is 0 Å². The Morgan fingerprint density at radius 1 is 1.02 bits per heavy atom. The zero-order valence-electron chi connectivity index (χ0n) is 23.0. The minimum atomic E-state index is -5.19. The van der Waals surface area contributed by atoms with Crippen molar-refractivity contribution in [1.29, 1.82) is 0 Å². The van der Waals surface area contributed by atoms with E-state index in [1.54, 1.807) is 0 Å². The number of carboxylic acid groups (broad SMARTS) is 1. The van der Waals surface area contributed by atoms with Crippen LogP contribution in [-0.4, -0.2) is 91.7 Å². The molecular formula is C23H28F3N3O14. The van der Waals surface area contributed by atoms with Crippen molar-refractivity contribution in [1.82, 2.24) is 4.98 Å². The number of carboxylic acids is 1. The molecule has 17 nitrogen and oxygen atoms in total. The molecule has 2 aliphatic heterocycles. The number of esters is 3. The summed E-state index contributed by atoms with van der Waals surface area (Å²) >= 11 is 0. The number of nitrogens with zero attached hydrogens (tertiary/aromatic N) is 1. The topological polar surface area (TPSA) is 222 Å². The zero-order valence-corrected chi connectivity index (χ0v) is 23.0. The van der Waals surface area contributed by atoms with Crippen LogP contribution < -0.4 is 20.7 Å². The lowest BCUT2D eigenvalue weighted by atomic mass is 10.1. The molecule has 2 fully saturated rings. The van der Waals surface area contributed by atoms with Crippen molar-refractivity contribution in [3.8, 4) is 0 Å². The van der Waals surface area contributed by atoms with Gasteiger partial charge in [0.2, 0.25) is 18.0 Å². The van der Waals surface area contributed by atoms with Gasteiger partial charge in [0.05, 0.1) is 0 Å². The molecule has 43 heavy (non-hydrogen) atoms. The summed E-state index contributed by atoms with van der Waals surface area (Å²) in [5, 5.41) is 11.3. The number of amides is 1. The van der Waals surface area contributed by atoms with Gasteiger partial charge in [0.1, 0.15) is 38.1 Å². The number of aromatic amines is 1. The Kier molecular flexibility index (Phi) is 12.5. The van der Waals surface area contributed by atoms with Gasteiger partial charge < -0.3 is 43.1 Å². The number of nitrogens with one attached hydrogen (secondary N) is 2. The Hall–Kier alpha value is -4.14. The van der Waals surface area contributed by atoms with Crippen molar-refractivity contribution in [2.45, 2.75) is 71.0 Å². The molecule has 20 heteroatoms. The molecule has 0 saturated carbocycles. The van der Waals surface area contributed by atoms with Crippen LogP contribution in [0.4, 0.5) is 19.0 Å². The highest BCUT2D eigenvalue weighted by molar-refractivity contribution is 5.87. The van der Waals surface area contributed by atoms with Gasteiger partial charge in [0.25, 0.3) is 0 Å². The van der Waals surface area contributed by atoms with Crippen LogP contribution >= 0.6 is 0 Å². The van der Waals surface area contributed by atoms with Crippen LogP contribution in [0, 0.1) is 0 Å². The van der Waals surface area contributed by atoms with Gasteiger partial charge in [-0.25, -0.2) is 0 Å². The summed E-state index contributed by atoms with van der Waals surface area (Å²) in [6, 6.07) is 1.49. The van der Waals surface area contributed by atoms with Gasteiger partial charge in [-0.1, -0.05) is 0 Å². The molecule has 1 aromatic heterocycles. The van der Waals surface area contributed by atoms with E-state index in [0.29, 0.717) is 0 Å². The molecule has 3 heterocycles. The second kappa shape index (κ2) is 15.4. The fourth-order valence-electron chi connectivity index (χ4n) is 3.59. The highest BCUT2D eigenvalue weighted by Crippen LogP contribution is 2.29. The van der Waals surface area contributed by atoms with Crippen molar-refractivity contribution >= 4 is 35.6 Å². The molecule has 2 saturated heterocycles. The van der Waals surface area contributed by atoms with Crippen LogP contribution in [0.2, 0.25) is 0 Å². The highest BCUT2D eigenvalue weighted by Gasteiger charge is 2.51. The summed E-state index contributed by atoms with van der Waals surface area (Å²) in [5.41, 5.74) is -0.539. The number of aliphatic carboxylic acids is 1. The van der Waals surface area contributed by atoms with E-state index < -0.39 is 72.9 Å². The maximum Gasteiger partial charge on any atom is 0.499 e. The third-order valence-electron chi connectivity index (χ3n) is 5.18. The van der Waals surface area contributed by atoms with Crippen molar-refractivity contribution < 1.29 is 80.0 Å². The van der Waals surface area contributed by atoms with Crippen LogP contribution in [0.3, 0.4) is 0 Å². The maximum atomic E-state index is 12.3. The van der Waals surface area contributed by atoms with E-state index in [9.17, 15) is 37.1 Å². The average molecular weight is 627 g/mol. The number of hydrogen-bond acceptors (Lipinski definition) is 14. The van der Waals surface area contributed by atoms with E-state index in [1.165, 1.54) is 44.5 Å². The van der Waals surface area contributed by atoms with E-state index in [4.69, 9.17) is 43.1 Å². The Morgan fingerprint density at radius 2 is 1.63 bits per heavy atom. The fraction of sp³-hybridized carbons (Fsp3) is 0.609. The minimum absolute atomic E-state index is 0.0192. The predicted octanol–water partition coefficient (Wildman–Crippen LogP) is -2.04. The van der Waals surface area contributed by atoms with Crippen LogP contribution in [0.1, 0.15) is 33.9 Å². The van der Waals surface area contributed by atoms with E-state index in [0.717, 1.165) is 0 Å². The molecular weight excluding hydrogens is 599 g/mol. The highest BCUT2D eigenvalue weighted by atomic mass is 19.4. The molecule has 6 atom stereocenters. The summed E-state index contributed by atoms with van der Waals surface area (Å²) in [6.45, 7) is 4.41. The standard InChI is InChI=1S/C21H27N3O12.C2HF3O2/c1-10(25)22-15-5-6-24(21(29)23-15)16-8-31-17(36-16)9-32-20-19(34-13(4)28)18(33-12(3)27)14(35-20)7-30-11(2)26;3-2(4,5)1(6)7/h5-6,14,16-20H,7-9H2,1-4H3,(H,22,23,25,29);(H,6,7)/t14-,16+,17+,18-,19-,20?;/m1./s1. The predicted molar refractivity (Wildman–Crippen MR) is 125 cm³/mol. The summed E-state index contributed by atoms with van der Waals surface area (Å²) in [6.07, 6.45) is -9.86. The van der Waals surface area contributed by atoms with Gasteiger partial charge in [-0.3, -0.25) is 24.5 Å². The molecule has 0 aliphatic carbocycles. The van der Waals surface area contributed by atoms with Gasteiger partial charge in [-0.15, -0.1) is 0 Å². The normalized spacial score (nSPS) is 24.7. The molecule has 0 bridgehead atoms. The summed E-state index contributed by atoms with van der Waals surface area (Å²) in [5.74, 6) is -5.03. The van der Waals surface area contributed by atoms with Crippen molar-refractivity contribution in [2.24, 2.45) is 0 Å². The van der Waals surface area contributed by atoms with Crippen molar-refractivity contribution in [2.75, 3.05) is 25.1 Å². The zero-order chi connectivity index (χ0) is 32.5. The number of anilines is 1. The van der Waals surface area contributed by atoms with E-state index >= 15 is 0 Å². The Bertz CT molecular complexity index is 1240. The van der Waals surface area contributed by atoms with Gasteiger partial charge in [-0.05, 0) is 0 Å². The van der Waals surface area contributed by atoms with Crippen LogP contribution in [0.25, 0.3) is 0 Å². The number of halogens is 3. The molecule has 1 unspecified atom stereocenters. The first kappa shape index (κ1) is 35.1. The van der Waals surface area contributed by atoms with Crippen molar-refractivity contribution in [3.63, 3.8) is 0 Å². The minimum Gasteiger partial charge on any atom is -0.542 e. The second-order valence-corrected chi connectivity index (χ2v) is 8.71. The van der Waals surface area contributed by atoms with E-state index in [2.05, 4.69) is 10.3 Å². The number of carbonyl (C=O) groups is 5. The van der Waals surface area contributed by atoms with Gasteiger partial charge in [-0.2, -0.15) is 27.5 Å². The summed E-state index contributed by atoms with van der Waals surface area (Å²) < 4.78 is 70.9. The number of ether oxygens (including phenoxy) is 7.